The molecule has 0 radical (unpaired) electrons. The van der Waals surface area contributed by atoms with Gasteiger partial charge in [-0.05, 0) is 42.3 Å². The second kappa shape index (κ2) is 7.61. The van der Waals surface area contributed by atoms with Crippen LogP contribution in [-0.4, -0.2) is 22.6 Å². The molecular weight excluding hydrogens is 334 g/mol. The Morgan fingerprint density at radius 3 is 2.50 bits per heavy atom. The van der Waals surface area contributed by atoms with Crippen LogP contribution in [0.2, 0.25) is 5.02 Å². The molecule has 0 aromatic heterocycles. The van der Waals surface area contributed by atoms with Gasteiger partial charge in [0, 0.05) is 11.1 Å². The number of hydrogen-bond acceptors (Lipinski definition) is 4. The third kappa shape index (κ3) is 4.11. The van der Waals surface area contributed by atoms with Gasteiger partial charge in [0.1, 0.15) is 0 Å². The summed E-state index contributed by atoms with van der Waals surface area (Å²) < 4.78 is 5.21. The predicted octanol–water partition coefficient (Wildman–Crippen LogP) is 4.27. The minimum absolute atomic E-state index is 0.00474. The molecule has 24 heavy (non-hydrogen) atoms. The van der Waals surface area contributed by atoms with Crippen molar-refractivity contribution in [2.45, 2.75) is 6.92 Å². The van der Waals surface area contributed by atoms with Gasteiger partial charge < -0.3 is 9.84 Å². The smallest absolute Gasteiger partial charge is 0.336 e. The first-order chi connectivity index (χ1) is 11.4. The summed E-state index contributed by atoms with van der Waals surface area (Å²) in [6, 6.07) is 10.6. The summed E-state index contributed by atoms with van der Waals surface area (Å²) in [5.74, 6) is -1.00. The number of hydrogen-bond donors (Lipinski definition) is 1. The van der Waals surface area contributed by atoms with Gasteiger partial charge in [0.05, 0.1) is 17.1 Å². The number of aliphatic carboxylic acids is 1. The molecule has 0 unspecified atom stereocenters. The van der Waals surface area contributed by atoms with Gasteiger partial charge in [-0.1, -0.05) is 29.8 Å². The van der Waals surface area contributed by atoms with Crippen molar-refractivity contribution in [2.24, 2.45) is 0 Å². The zero-order valence-corrected chi connectivity index (χ0v) is 13.5. The molecule has 0 saturated carbocycles. The van der Waals surface area contributed by atoms with E-state index in [1.807, 2.05) is 0 Å². The fourth-order valence-electron chi connectivity index (χ4n) is 2.11. The van der Waals surface area contributed by atoms with E-state index in [2.05, 4.69) is 0 Å². The Morgan fingerprint density at radius 2 is 1.96 bits per heavy atom. The Bertz CT molecular complexity index is 799. The Balaban J connectivity index is 2.49. The van der Waals surface area contributed by atoms with E-state index >= 15 is 0 Å². The number of carboxylic acids is 1. The number of ether oxygens (including phenoxy) is 1. The van der Waals surface area contributed by atoms with E-state index in [4.69, 9.17) is 16.3 Å². The average molecular weight is 348 g/mol. The van der Waals surface area contributed by atoms with Gasteiger partial charge in [-0.2, -0.15) is 0 Å². The highest BCUT2D eigenvalue weighted by Crippen LogP contribution is 2.30. The van der Waals surface area contributed by atoms with Crippen LogP contribution in [0.15, 0.2) is 42.5 Å². The molecule has 7 heteroatoms. The number of halogens is 1. The summed E-state index contributed by atoms with van der Waals surface area (Å²) in [6.45, 7) is 2.02. The fourth-order valence-corrected chi connectivity index (χ4v) is 2.24. The highest BCUT2D eigenvalue weighted by molar-refractivity contribution is 6.30. The summed E-state index contributed by atoms with van der Waals surface area (Å²) in [6.07, 6.45) is 1.37. The summed E-state index contributed by atoms with van der Waals surface area (Å²) >= 11 is 5.80. The van der Waals surface area contributed by atoms with Crippen molar-refractivity contribution in [1.82, 2.24) is 0 Å². The molecule has 2 aromatic rings. The number of benzene rings is 2. The van der Waals surface area contributed by atoms with Crippen molar-refractivity contribution < 1.29 is 19.6 Å². The maximum absolute atomic E-state index is 11.5. The lowest BCUT2D eigenvalue weighted by Gasteiger charge is -2.06. The maximum Gasteiger partial charge on any atom is 0.336 e. The number of rotatable bonds is 6. The molecule has 0 atom stereocenters. The van der Waals surface area contributed by atoms with E-state index in [-0.39, 0.29) is 17.0 Å². The maximum atomic E-state index is 11.5. The topological polar surface area (TPSA) is 89.7 Å². The molecule has 0 aliphatic heterocycles. The van der Waals surface area contributed by atoms with Crippen LogP contribution in [0.5, 0.6) is 5.75 Å². The summed E-state index contributed by atoms with van der Waals surface area (Å²) in [5, 5.41) is 21.1. The molecule has 0 fully saturated rings. The number of nitro benzene ring substituents is 1. The van der Waals surface area contributed by atoms with Gasteiger partial charge in [-0.3, -0.25) is 10.1 Å². The van der Waals surface area contributed by atoms with Gasteiger partial charge >= 0.3 is 11.7 Å². The third-order valence-electron chi connectivity index (χ3n) is 3.18. The molecule has 2 aromatic carbocycles. The number of nitro groups is 1. The lowest BCUT2D eigenvalue weighted by molar-refractivity contribution is -0.385. The van der Waals surface area contributed by atoms with Crippen LogP contribution in [0.3, 0.4) is 0 Å². The van der Waals surface area contributed by atoms with Crippen LogP contribution < -0.4 is 4.74 Å². The second-order valence-electron chi connectivity index (χ2n) is 4.79. The monoisotopic (exact) mass is 347 g/mol. The van der Waals surface area contributed by atoms with Gasteiger partial charge in [0.2, 0.25) is 0 Å². The molecule has 0 aliphatic carbocycles. The van der Waals surface area contributed by atoms with Crippen molar-refractivity contribution in [1.29, 1.82) is 0 Å². The van der Waals surface area contributed by atoms with E-state index in [9.17, 15) is 20.0 Å². The Morgan fingerprint density at radius 1 is 1.29 bits per heavy atom. The van der Waals surface area contributed by atoms with Crippen molar-refractivity contribution in [3.8, 4) is 5.75 Å². The van der Waals surface area contributed by atoms with E-state index in [1.54, 1.807) is 37.3 Å². The summed E-state index contributed by atoms with van der Waals surface area (Å²) in [7, 11) is 0. The van der Waals surface area contributed by atoms with Crippen LogP contribution in [0.25, 0.3) is 11.6 Å². The largest absolute Gasteiger partial charge is 0.487 e. The molecular formula is C17H14ClNO5. The average Bonchev–Trinajstić information content (AvgIpc) is 2.54. The number of carboxylic acid groups (broad SMARTS) is 1. The number of carbonyl (C=O) groups is 1. The normalized spacial score (nSPS) is 11.2. The molecule has 0 aliphatic rings. The zero-order valence-electron chi connectivity index (χ0n) is 12.7. The molecule has 0 bridgehead atoms. The van der Waals surface area contributed by atoms with Gasteiger partial charge in [0.15, 0.2) is 5.75 Å². The molecule has 124 valence electrons. The first-order valence-corrected chi connectivity index (χ1v) is 7.42. The van der Waals surface area contributed by atoms with Crippen molar-refractivity contribution in [3.05, 3.63) is 68.7 Å². The quantitative estimate of drug-likeness (QED) is 0.364. The number of nitrogens with zero attached hydrogens (tertiary/aromatic N) is 1. The summed E-state index contributed by atoms with van der Waals surface area (Å²) in [5.41, 5.74) is 0.623. The van der Waals surface area contributed by atoms with E-state index in [0.29, 0.717) is 22.8 Å². The SMILES string of the molecule is CCOc1ccc(/C=C(\C(=O)O)c2ccc(Cl)cc2)cc1[N+](=O)[O-]. The van der Waals surface area contributed by atoms with Gasteiger partial charge in [0.25, 0.3) is 0 Å². The molecule has 2 rings (SSSR count). The fraction of sp³-hybridized carbons (Fsp3) is 0.118. The third-order valence-corrected chi connectivity index (χ3v) is 3.43. The first kappa shape index (κ1) is 17.5. The molecule has 0 heterocycles. The zero-order chi connectivity index (χ0) is 17.7. The van der Waals surface area contributed by atoms with E-state index in [1.165, 1.54) is 18.2 Å². The molecule has 0 amide bonds. The Kier molecular flexibility index (Phi) is 5.55. The van der Waals surface area contributed by atoms with Crippen molar-refractivity contribution in [2.75, 3.05) is 6.61 Å². The van der Waals surface area contributed by atoms with Crippen LogP contribution in [0.1, 0.15) is 18.1 Å². The van der Waals surface area contributed by atoms with Crippen LogP contribution in [0, 0.1) is 10.1 Å². The van der Waals surface area contributed by atoms with E-state index < -0.39 is 10.9 Å². The van der Waals surface area contributed by atoms with Crippen molar-refractivity contribution in [3.63, 3.8) is 0 Å². The van der Waals surface area contributed by atoms with Gasteiger partial charge in [-0.15, -0.1) is 0 Å². The van der Waals surface area contributed by atoms with E-state index in [0.717, 1.165) is 0 Å². The van der Waals surface area contributed by atoms with Crippen LogP contribution in [-0.2, 0) is 4.79 Å². The lowest BCUT2D eigenvalue weighted by Crippen LogP contribution is -2.00. The molecule has 6 nitrogen and oxygen atoms in total. The van der Waals surface area contributed by atoms with Crippen molar-refractivity contribution >= 4 is 34.9 Å². The molecule has 1 N–H and O–H groups in total. The highest BCUT2D eigenvalue weighted by Gasteiger charge is 2.17. The highest BCUT2D eigenvalue weighted by atomic mass is 35.5. The van der Waals surface area contributed by atoms with Crippen LogP contribution in [0.4, 0.5) is 5.69 Å². The first-order valence-electron chi connectivity index (χ1n) is 7.04. The molecule has 0 spiro atoms. The minimum Gasteiger partial charge on any atom is -0.487 e. The standard InChI is InChI=1S/C17H14ClNO5/c1-2-24-16-8-3-11(10-15(16)19(22)23)9-14(17(20)21)12-4-6-13(18)7-5-12/h3-10H,2H2,1H3,(H,20,21)/b14-9-. The lowest BCUT2D eigenvalue weighted by atomic mass is 10.0. The van der Waals surface area contributed by atoms with Crippen LogP contribution >= 0.6 is 11.6 Å². The second-order valence-corrected chi connectivity index (χ2v) is 5.22. The Hall–Kier alpha value is -2.86. The summed E-state index contributed by atoms with van der Waals surface area (Å²) in [4.78, 5) is 22.1. The Labute approximate surface area is 143 Å². The predicted molar refractivity (Wildman–Crippen MR) is 91.2 cm³/mol. The molecule has 0 saturated heterocycles. The minimum atomic E-state index is -1.14. The van der Waals surface area contributed by atoms with Gasteiger partial charge in [-0.25, -0.2) is 4.79 Å².